The smallest absolute Gasteiger partial charge is 0.0184 e. The lowest BCUT2D eigenvalue weighted by Crippen LogP contribution is -2.38. The van der Waals surface area contributed by atoms with Gasteiger partial charge in [-0.2, -0.15) is 0 Å². The highest BCUT2D eigenvalue weighted by Crippen LogP contribution is 2.45. The molecule has 0 bridgehead atoms. The third-order valence-electron chi connectivity index (χ3n) is 4.44. The number of aryl methyl sites for hydroxylation is 1. The summed E-state index contributed by atoms with van der Waals surface area (Å²) in [7, 11) is 0. The maximum absolute atomic E-state index is 3.94. The second-order valence-corrected chi connectivity index (χ2v) is 8.50. The molecule has 3 unspecified atom stereocenters. The van der Waals surface area contributed by atoms with E-state index < -0.39 is 0 Å². The van der Waals surface area contributed by atoms with E-state index in [0.717, 1.165) is 11.8 Å². The van der Waals surface area contributed by atoms with Gasteiger partial charge in [0.15, 0.2) is 0 Å². The molecule has 0 aromatic carbocycles. The number of hydrogen-bond donors (Lipinski definition) is 0. The monoisotopic (exact) mass is 314 g/mol. The Hall–Kier alpha value is 0.180. The highest BCUT2D eigenvalue weighted by Gasteiger charge is 2.39. The lowest BCUT2D eigenvalue weighted by atomic mass is 9.66. The second kappa shape index (κ2) is 5.05. The molecular weight excluding hydrogens is 292 g/mol. The SMILES string of the molecule is Cc1cc(C(C)(C)C2CCC(C)CC2Br)cs1. The van der Waals surface area contributed by atoms with Crippen LogP contribution in [0.3, 0.4) is 0 Å². The third kappa shape index (κ3) is 2.78. The molecule has 2 rings (SSSR count). The summed E-state index contributed by atoms with van der Waals surface area (Å²) in [6, 6.07) is 2.38. The number of hydrogen-bond acceptors (Lipinski definition) is 1. The van der Waals surface area contributed by atoms with Crippen molar-refractivity contribution in [3.63, 3.8) is 0 Å². The quantitative estimate of drug-likeness (QED) is 0.629. The van der Waals surface area contributed by atoms with E-state index in [2.05, 4.69) is 55.1 Å². The van der Waals surface area contributed by atoms with Crippen molar-refractivity contribution in [2.24, 2.45) is 11.8 Å². The van der Waals surface area contributed by atoms with E-state index >= 15 is 0 Å². The normalized spacial score (nSPS) is 30.5. The molecule has 0 N–H and O–H groups in total. The van der Waals surface area contributed by atoms with Crippen molar-refractivity contribution in [2.75, 3.05) is 0 Å². The third-order valence-corrected chi connectivity index (χ3v) is 6.31. The molecule has 1 aromatic rings. The number of halogens is 1. The van der Waals surface area contributed by atoms with Gasteiger partial charge in [-0.3, -0.25) is 0 Å². The van der Waals surface area contributed by atoms with Crippen LogP contribution in [0.15, 0.2) is 11.4 Å². The number of alkyl halides is 1. The first kappa shape index (κ1) is 13.6. The largest absolute Gasteiger partial charge is 0.149 e. The maximum atomic E-state index is 3.94. The molecule has 1 fully saturated rings. The van der Waals surface area contributed by atoms with E-state index in [-0.39, 0.29) is 0 Å². The summed E-state index contributed by atoms with van der Waals surface area (Å²) in [4.78, 5) is 2.12. The van der Waals surface area contributed by atoms with E-state index in [1.807, 2.05) is 11.3 Å². The fourth-order valence-electron chi connectivity index (χ4n) is 3.12. The highest BCUT2D eigenvalue weighted by molar-refractivity contribution is 9.09. The van der Waals surface area contributed by atoms with Crippen LogP contribution in [-0.2, 0) is 5.41 Å². The van der Waals surface area contributed by atoms with Gasteiger partial charge in [0.25, 0.3) is 0 Å². The molecule has 96 valence electrons. The Morgan fingerprint density at radius 1 is 1.35 bits per heavy atom. The predicted molar refractivity (Wildman–Crippen MR) is 81.3 cm³/mol. The molecule has 1 saturated carbocycles. The summed E-state index contributed by atoms with van der Waals surface area (Å²) in [5, 5.41) is 2.35. The molecule has 17 heavy (non-hydrogen) atoms. The summed E-state index contributed by atoms with van der Waals surface area (Å²) in [5.74, 6) is 1.66. The Bertz CT molecular complexity index is 380. The van der Waals surface area contributed by atoms with Gasteiger partial charge in [-0.15, -0.1) is 11.3 Å². The zero-order valence-corrected chi connectivity index (χ0v) is 13.7. The first-order valence-corrected chi connectivity index (χ1v) is 8.40. The Balaban J connectivity index is 2.20. The minimum absolute atomic E-state index is 0.305. The maximum Gasteiger partial charge on any atom is 0.0184 e. The molecule has 0 aliphatic heterocycles. The van der Waals surface area contributed by atoms with Crippen LogP contribution in [0.2, 0.25) is 0 Å². The van der Waals surface area contributed by atoms with Crippen molar-refractivity contribution in [3.05, 3.63) is 21.9 Å². The van der Waals surface area contributed by atoms with Gasteiger partial charge in [0.2, 0.25) is 0 Å². The van der Waals surface area contributed by atoms with Crippen molar-refractivity contribution < 1.29 is 0 Å². The Kier molecular flexibility index (Phi) is 4.04. The van der Waals surface area contributed by atoms with Crippen LogP contribution >= 0.6 is 27.3 Å². The Morgan fingerprint density at radius 2 is 2.06 bits per heavy atom. The summed E-state index contributed by atoms with van der Waals surface area (Å²) in [6.07, 6.45) is 4.08. The summed E-state index contributed by atoms with van der Waals surface area (Å²) in [6.45, 7) is 9.43. The van der Waals surface area contributed by atoms with Crippen LogP contribution in [0.25, 0.3) is 0 Å². The number of rotatable bonds is 2. The predicted octanol–water partition coefficient (Wildman–Crippen LogP) is 5.53. The molecule has 0 radical (unpaired) electrons. The number of thiophene rings is 1. The van der Waals surface area contributed by atoms with Gasteiger partial charge in [-0.1, -0.05) is 43.1 Å². The van der Waals surface area contributed by atoms with Gasteiger partial charge in [0.1, 0.15) is 0 Å². The molecule has 1 aliphatic rings. The lowest BCUT2D eigenvalue weighted by molar-refractivity contribution is 0.214. The van der Waals surface area contributed by atoms with E-state index in [4.69, 9.17) is 0 Å². The Morgan fingerprint density at radius 3 is 2.59 bits per heavy atom. The molecule has 3 atom stereocenters. The summed E-state index contributed by atoms with van der Waals surface area (Å²) in [5.41, 5.74) is 1.84. The van der Waals surface area contributed by atoms with E-state index in [0.29, 0.717) is 10.2 Å². The van der Waals surface area contributed by atoms with Gasteiger partial charge >= 0.3 is 0 Å². The fourth-order valence-corrected chi connectivity index (χ4v) is 5.56. The Labute approximate surface area is 118 Å². The van der Waals surface area contributed by atoms with Gasteiger partial charge in [0.05, 0.1) is 0 Å². The average molecular weight is 315 g/mol. The van der Waals surface area contributed by atoms with Gasteiger partial charge < -0.3 is 0 Å². The molecule has 1 aliphatic carbocycles. The molecule has 0 nitrogen and oxygen atoms in total. The molecule has 1 aromatic heterocycles. The molecule has 0 saturated heterocycles. The van der Waals surface area contributed by atoms with E-state index in [9.17, 15) is 0 Å². The van der Waals surface area contributed by atoms with Gasteiger partial charge in [-0.25, -0.2) is 0 Å². The summed E-state index contributed by atoms with van der Waals surface area (Å²) < 4.78 is 0. The van der Waals surface area contributed by atoms with Crippen LogP contribution in [0, 0.1) is 18.8 Å². The van der Waals surface area contributed by atoms with Crippen LogP contribution in [0.4, 0.5) is 0 Å². The molecular formula is C15H23BrS. The topological polar surface area (TPSA) is 0 Å². The summed E-state index contributed by atoms with van der Waals surface area (Å²) >= 11 is 5.82. The van der Waals surface area contributed by atoms with Crippen molar-refractivity contribution >= 4 is 27.3 Å². The van der Waals surface area contributed by atoms with Crippen LogP contribution < -0.4 is 0 Å². The molecule has 1 heterocycles. The van der Waals surface area contributed by atoms with Crippen LogP contribution in [0.5, 0.6) is 0 Å². The molecule has 0 spiro atoms. The minimum Gasteiger partial charge on any atom is -0.149 e. The van der Waals surface area contributed by atoms with E-state index in [1.54, 1.807) is 0 Å². The van der Waals surface area contributed by atoms with E-state index in [1.165, 1.54) is 29.7 Å². The van der Waals surface area contributed by atoms with Crippen LogP contribution in [-0.4, -0.2) is 4.83 Å². The van der Waals surface area contributed by atoms with Crippen LogP contribution in [0.1, 0.15) is 50.5 Å². The zero-order chi connectivity index (χ0) is 12.6. The van der Waals surface area contributed by atoms with Gasteiger partial charge in [-0.05, 0) is 54.0 Å². The second-order valence-electron chi connectivity index (χ2n) is 6.21. The fraction of sp³-hybridized carbons (Fsp3) is 0.733. The minimum atomic E-state index is 0.305. The van der Waals surface area contributed by atoms with Crippen molar-refractivity contribution in [1.82, 2.24) is 0 Å². The lowest BCUT2D eigenvalue weighted by Gasteiger charge is -2.42. The highest BCUT2D eigenvalue weighted by atomic mass is 79.9. The first-order valence-electron chi connectivity index (χ1n) is 6.61. The van der Waals surface area contributed by atoms with Gasteiger partial charge in [0, 0.05) is 9.70 Å². The molecule has 0 amide bonds. The first-order chi connectivity index (χ1) is 7.91. The van der Waals surface area contributed by atoms with Crippen molar-refractivity contribution in [2.45, 2.75) is 57.2 Å². The standard InChI is InChI=1S/C15H23BrS/c1-10-5-6-13(14(16)7-10)15(3,4)12-8-11(2)17-9-12/h8-10,13-14H,5-7H2,1-4H3. The van der Waals surface area contributed by atoms with Crippen molar-refractivity contribution in [1.29, 1.82) is 0 Å². The zero-order valence-electron chi connectivity index (χ0n) is 11.3. The molecule has 2 heteroatoms. The van der Waals surface area contributed by atoms with Crippen molar-refractivity contribution in [3.8, 4) is 0 Å². The average Bonchev–Trinajstić information content (AvgIpc) is 2.64.